The van der Waals surface area contributed by atoms with E-state index in [1.54, 1.807) is 0 Å². The monoisotopic (exact) mass is 364 g/mol. The first-order valence-corrected chi connectivity index (χ1v) is 9.91. The van der Waals surface area contributed by atoms with E-state index in [2.05, 4.69) is 43.6 Å². The van der Waals surface area contributed by atoms with Crippen molar-refractivity contribution in [2.45, 2.75) is 78.7 Å². The molecule has 1 rings (SSSR count). The SMILES string of the molecule is CC(C)CC(C)(C)CNC(=O)NC(CC(=O)NCC#N)C1CCCCC1. The largest absolute Gasteiger partial charge is 0.343 e. The topological polar surface area (TPSA) is 94.0 Å². The number of nitrogens with zero attached hydrogens (tertiary/aromatic N) is 1. The summed E-state index contributed by atoms with van der Waals surface area (Å²) in [6, 6.07) is 1.53. The molecule has 0 spiro atoms. The van der Waals surface area contributed by atoms with Crippen molar-refractivity contribution < 1.29 is 9.59 Å². The number of urea groups is 1. The lowest BCUT2D eigenvalue weighted by atomic mass is 9.82. The number of hydrogen-bond donors (Lipinski definition) is 3. The molecule has 0 radical (unpaired) electrons. The molecular formula is C20H36N4O2. The quantitative estimate of drug-likeness (QED) is 0.548. The van der Waals surface area contributed by atoms with E-state index in [1.165, 1.54) is 6.42 Å². The van der Waals surface area contributed by atoms with E-state index >= 15 is 0 Å². The molecule has 0 aromatic rings. The molecule has 1 aliphatic rings. The highest BCUT2D eigenvalue weighted by Gasteiger charge is 2.28. The fourth-order valence-electron chi connectivity index (χ4n) is 4.00. The lowest BCUT2D eigenvalue weighted by Crippen LogP contribution is -2.49. The van der Waals surface area contributed by atoms with Gasteiger partial charge in [0, 0.05) is 19.0 Å². The first-order valence-electron chi connectivity index (χ1n) is 9.91. The summed E-state index contributed by atoms with van der Waals surface area (Å²) in [6.45, 7) is 9.28. The van der Waals surface area contributed by atoms with Gasteiger partial charge in [0.2, 0.25) is 5.91 Å². The van der Waals surface area contributed by atoms with Gasteiger partial charge in [0.05, 0.1) is 6.07 Å². The lowest BCUT2D eigenvalue weighted by Gasteiger charge is -2.32. The highest BCUT2D eigenvalue weighted by molar-refractivity contribution is 5.79. The maximum absolute atomic E-state index is 12.4. The van der Waals surface area contributed by atoms with Gasteiger partial charge < -0.3 is 16.0 Å². The summed E-state index contributed by atoms with van der Waals surface area (Å²) < 4.78 is 0. The molecule has 6 nitrogen and oxygen atoms in total. The van der Waals surface area contributed by atoms with E-state index < -0.39 is 0 Å². The summed E-state index contributed by atoms with van der Waals surface area (Å²) in [4.78, 5) is 24.5. The second kappa shape index (κ2) is 11.1. The van der Waals surface area contributed by atoms with Crippen LogP contribution >= 0.6 is 0 Å². The Kier molecular flexibility index (Phi) is 9.47. The molecule has 0 aromatic heterocycles. The summed E-state index contributed by atoms with van der Waals surface area (Å²) in [5.74, 6) is 0.724. The molecule has 26 heavy (non-hydrogen) atoms. The molecule has 3 N–H and O–H groups in total. The van der Waals surface area contributed by atoms with Crippen molar-refractivity contribution in [2.75, 3.05) is 13.1 Å². The van der Waals surface area contributed by atoms with Crippen LogP contribution in [0.4, 0.5) is 4.79 Å². The second-order valence-corrected chi connectivity index (χ2v) is 8.73. The van der Waals surface area contributed by atoms with Gasteiger partial charge >= 0.3 is 6.03 Å². The van der Waals surface area contributed by atoms with Gasteiger partial charge in [-0.3, -0.25) is 4.79 Å². The predicted molar refractivity (Wildman–Crippen MR) is 103 cm³/mol. The van der Waals surface area contributed by atoms with Gasteiger partial charge in [0.25, 0.3) is 0 Å². The Morgan fingerprint density at radius 1 is 1.15 bits per heavy atom. The summed E-state index contributed by atoms with van der Waals surface area (Å²) >= 11 is 0. The van der Waals surface area contributed by atoms with Crippen molar-refractivity contribution in [1.29, 1.82) is 5.26 Å². The predicted octanol–water partition coefficient (Wildman–Crippen LogP) is 3.34. The second-order valence-electron chi connectivity index (χ2n) is 8.73. The zero-order chi connectivity index (χ0) is 19.6. The Bertz CT molecular complexity index is 491. The number of hydrogen-bond acceptors (Lipinski definition) is 3. The van der Waals surface area contributed by atoms with Crippen LogP contribution in [0.1, 0.15) is 72.6 Å². The van der Waals surface area contributed by atoms with E-state index in [0.29, 0.717) is 18.4 Å². The molecule has 1 unspecified atom stereocenters. The van der Waals surface area contributed by atoms with Gasteiger partial charge in [0.15, 0.2) is 0 Å². The number of nitriles is 1. The highest BCUT2D eigenvalue weighted by atomic mass is 16.2. The smallest absolute Gasteiger partial charge is 0.315 e. The number of nitrogens with one attached hydrogen (secondary N) is 3. The van der Waals surface area contributed by atoms with E-state index in [0.717, 1.165) is 32.1 Å². The van der Waals surface area contributed by atoms with Crippen LogP contribution in [0.3, 0.4) is 0 Å². The van der Waals surface area contributed by atoms with Crippen LogP contribution in [0.25, 0.3) is 0 Å². The van der Waals surface area contributed by atoms with Crippen LogP contribution in [0.2, 0.25) is 0 Å². The maximum atomic E-state index is 12.4. The van der Waals surface area contributed by atoms with E-state index in [9.17, 15) is 9.59 Å². The van der Waals surface area contributed by atoms with Gasteiger partial charge in [-0.25, -0.2) is 4.79 Å². The molecule has 0 aromatic carbocycles. The van der Waals surface area contributed by atoms with Gasteiger partial charge in [-0.05, 0) is 36.5 Å². The lowest BCUT2D eigenvalue weighted by molar-refractivity contribution is -0.121. The van der Waals surface area contributed by atoms with Crippen LogP contribution in [-0.2, 0) is 4.79 Å². The fraction of sp³-hybridized carbons (Fsp3) is 0.850. The molecule has 6 heteroatoms. The number of carbonyl (C=O) groups is 2. The van der Waals surface area contributed by atoms with Gasteiger partial charge in [-0.2, -0.15) is 5.26 Å². The van der Waals surface area contributed by atoms with Crippen molar-refractivity contribution in [3.8, 4) is 6.07 Å². The van der Waals surface area contributed by atoms with Crippen molar-refractivity contribution in [1.82, 2.24) is 16.0 Å². The van der Waals surface area contributed by atoms with Gasteiger partial charge in [-0.1, -0.05) is 47.0 Å². The van der Waals surface area contributed by atoms with Crippen LogP contribution in [0, 0.1) is 28.6 Å². The molecular weight excluding hydrogens is 328 g/mol. The third-order valence-electron chi connectivity index (χ3n) is 4.99. The van der Waals surface area contributed by atoms with Crippen LogP contribution in [-0.4, -0.2) is 31.1 Å². The van der Waals surface area contributed by atoms with Crippen molar-refractivity contribution >= 4 is 11.9 Å². The van der Waals surface area contributed by atoms with E-state index in [1.807, 2.05) is 6.07 Å². The number of rotatable bonds is 9. The summed E-state index contributed by atoms with van der Waals surface area (Å²) in [5, 5.41) is 17.2. The molecule has 1 fully saturated rings. The summed E-state index contributed by atoms with van der Waals surface area (Å²) in [7, 11) is 0. The van der Waals surface area contributed by atoms with Crippen molar-refractivity contribution in [3.05, 3.63) is 0 Å². The third-order valence-corrected chi connectivity index (χ3v) is 4.99. The minimum Gasteiger partial charge on any atom is -0.343 e. The van der Waals surface area contributed by atoms with Crippen molar-refractivity contribution in [2.24, 2.45) is 17.3 Å². The molecule has 0 saturated heterocycles. The molecule has 1 saturated carbocycles. The standard InChI is InChI=1S/C20H36N4O2/c1-15(2)13-20(3,4)14-23-19(26)24-17(12-18(25)22-11-10-21)16-8-6-5-7-9-16/h15-17H,5-9,11-14H2,1-4H3,(H,22,25)(H2,23,24,26). The highest BCUT2D eigenvalue weighted by Crippen LogP contribution is 2.28. The average Bonchev–Trinajstić information content (AvgIpc) is 2.57. The Hall–Kier alpha value is -1.77. The maximum Gasteiger partial charge on any atom is 0.315 e. The third kappa shape index (κ3) is 9.07. The number of amides is 3. The fourth-order valence-corrected chi connectivity index (χ4v) is 4.00. The van der Waals surface area contributed by atoms with E-state index in [4.69, 9.17) is 5.26 Å². The molecule has 3 amide bonds. The zero-order valence-corrected chi connectivity index (χ0v) is 16.9. The first kappa shape index (κ1) is 22.3. The normalized spacial score (nSPS) is 16.6. The summed E-state index contributed by atoms with van der Waals surface area (Å²) in [6.07, 6.45) is 6.85. The van der Waals surface area contributed by atoms with Crippen LogP contribution in [0.15, 0.2) is 0 Å². The Balaban J connectivity index is 2.58. The van der Waals surface area contributed by atoms with Gasteiger partial charge in [0.1, 0.15) is 6.54 Å². The minimum absolute atomic E-state index is 0.00576. The van der Waals surface area contributed by atoms with Crippen LogP contribution < -0.4 is 16.0 Å². The molecule has 0 heterocycles. The average molecular weight is 365 g/mol. The van der Waals surface area contributed by atoms with Crippen molar-refractivity contribution in [3.63, 3.8) is 0 Å². The summed E-state index contributed by atoms with van der Waals surface area (Å²) in [5.41, 5.74) is 0.0377. The first-order chi connectivity index (χ1) is 12.2. The molecule has 1 atom stereocenters. The Morgan fingerprint density at radius 2 is 1.81 bits per heavy atom. The molecule has 1 aliphatic carbocycles. The van der Waals surface area contributed by atoms with Crippen LogP contribution in [0.5, 0.6) is 0 Å². The minimum atomic E-state index is -0.203. The molecule has 148 valence electrons. The molecule has 0 bridgehead atoms. The Morgan fingerprint density at radius 3 is 2.38 bits per heavy atom. The Labute approximate surface area is 158 Å². The molecule has 0 aliphatic heterocycles. The van der Waals surface area contributed by atoms with E-state index in [-0.39, 0.29) is 36.4 Å². The van der Waals surface area contributed by atoms with Gasteiger partial charge in [-0.15, -0.1) is 0 Å². The number of carbonyl (C=O) groups excluding carboxylic acids is 2. The zero-order valence-electron chi connectivity index (χ0n) is 16.9.